The van der Waals surface area contributed by atoms with Gasteiger partial charge in [-0.15, -0.1) is 0 Å². The first kappa shape index (κ1) is 25.1. The summed E-state index contributed by atoms with van der Waals surface area (Å²) in [4.78, 5) is 51.3. The number of fused-ring (bicyclic) bond motifs is 6. The molecule has 1 atom stereocenters. The van der Waals surface area contributed by atoms with E-state index in [2.05, 4.69) is 16.5 Å². The van der Waals surface area contributed by atoms with Crippen LogP contribution in [0.5, 0.6) is 5.75 Å². The first-order chi connectivity index (χ1) is 18.3. The molecule has 10 nitrogen and oxygen atoms in total. The molecule has 2 aromatic carbocycles. The van der Waals surface area contributed by atoms with E-state index in [9.17, 15) is 24.3 Å². The van der Waals surface area contributed by atoms with E-state index in [1.54, 1.807) is 29.2 Å². The van der Waals surface area contributed by atoms with Crippen molar-refractivity contribution in [2.75, 3.05) is 26.7 Å². The number of urea groups is 1. The van der Waals surface area contributed by atoms with Gasteiger partial charge in [-0.3, -0.25) is 14.5 Å². The van der Waals surface area contributed by atoms with Crippen LogP contribution in [-0.4, -0.2) is 70.0 Å². The smallest absolute Gasteiger partial charge is 0.335 e. The van der Waals surface area contributed by atoms with E-state index in [0.29, 0.717) is 31.9 Å². The Hall–Kier alpha value is -4.60. The maximum Gasteiger partial charge on any atom is 0.335 e. The second-order valence-electron chi connectivity index (χ2n) is 9.49. The van der Waals surface area contributed by atoms with E-state index in [1.165, 1.54) is 18.0 Å². The van der Waals surface area contributed by atoms with Crippen molar-refractivity contribution in [2.45, 2.75) is 25.4 Å². The Labute approximate surface area is 219 Å². The minimum atomic E-state index is -0.985. The van der Waals surface area contributed by atoms with E-state index in [1.807, 2.05) is 18.2 Å². The lowest BCUT2D eigenvalue weighted by Gasteiger charge is -2.31. The molecule has 2 bridgehead atoms. The van der Waals surface area contributed by atoms with Gasteiger partial charge in [0, 0.05) is 49.1 Å². The molecule has 5 rings (SSSR count). The summed E-state index contributed by atoms with van der Waals surface area (Å²) in [7, 11) is 1.52. The first-order valence-electron chi connectivity index (χ1n) is 12.3. The summed E-state index contributed by atoms with van der Waals surface area (Å²) in [6.45, 7) is 5.31. The molecule has 10 heteroatoms. The largest absolute Gasteiger partial charge is 0.492 e. The SMILES string of the molecule is C=CC(=O)NCCOc1ccc2c(c1)c1c(n2Cc2ccc(C(=O)O)cc2)CN2CC1CC(=O)N(C)C2=O. The van der Waals surface area contributed by atoms with Gasteiger partial charge >= 0.3 is 12.0 Å². The summed E-state index contributed by atoms with van der Waals surface area (Å²) in [5.74, 6) is -1.01. The van der Waals surface area contributed by atoms with Crippen molar-refractivity contribution in [1.29, 1.82) is 0 Å². The number of hydrogen-bond acceptors (Lipinski definition) is 5. The zero-order valence-corrected chi connectivity index (χ0v) is 21.0. The van der Waals surface area contributed by atoms with Crippen molar-refractivity contribution >= 4 is 34.7 Å². The highest BCUT2D eigenvalue weighted by atomic mass is 16.5. The third kappa shape index (κ3) is 4.60. The van der Waals surface area contributed by atoms with Crippen molar-refractivity contribution in [3.05, 3.63) is 77.5 Å². The standard InChI is InChI=1S/C28H28N4O6/c1-3-24(33)29-10-11-38-20-8-9-22-21(13-20)26-19-12-25(34)30(2)28(37)31(15-19)16-23(26)32(22)14-17-4-6-18(7-5-17)27(35)36/h3-9,13,19H,1,10-12,14-16H2,2H3,(H,29,33)(H,35,36). The fourth-order valence-electron chi connectivity index (χ4n) is 5.24. The predicted octanol–water partition coefficient (Wildman–Crippen LogP) is 2.95. The van der Waals surface area contributed by atoms with Gasteiger partial charge in [-0.25, -0.2) is 9.59 Å². The molecule has 1 saturated heterocycles. The highest BCUT2D eigenvalue weighted by molar-refractivity contribution is 5.97. The lowest BCUT2D eigenvalue weighted by molar-refractivity contribution is -0.127. The molecule has 196 valence electrons. The number of amides is 4. The Bertz CT molecular complexity index is 1460. The monoisotopic (exact) mass is 516 g/mol. The molecule has 2 N–H and O–H groups in total. The van der Waals surface area contributed by atoms with Crippen LogP contribution >= 0.6 is 0 Å². The number of carbonyl (C=O) groups is 4. The van der Waals surface area contributed by atoms with Crippen molar-refractivity contribution < 1.29 is 29.0 Å². The lowest BCUT2D eigenvalue weighted by Crippen LogP contribution is -2.43. The molecule has 2 aliphatic rings. The number of carboxylic acid groups (broad SMARTS) is 1. The Kier molecular flexibility index (Phi) is 6.62. The van der Waals surface area contributed by atoms with Gasteiger partial charge in [0.25, 0.3) is 0 Å². The number of nitrogens with zero attached hydrogens (tertiary/aromatic N) is 3. The van der Waals surface area contributed by atoms with E-state index >= 15 is 0 Å². The van der Waals surface area contributed by atoms with Gasteiger partial charge in [0.1, 0.15) is 12.4 Å². The zero-order chi connectivity index (χ0) is 27.0. The fraction of sp³-hybridized carbons (Fsp3) is 0.286. The molecule has 38 heavy (non-hydrogen) atoms. The molecular weight excluding hydrogens is 488 g/mol. The summed E-state index contributed by atoms with van der Waals surface area (Å²) in [6, 6.07) is 12.2. The Balaban J connectivity index is 1.54. The Morgan fingerprint density at radius 3 is 2.66 bits per heavy atom. The van der Waals surface area contributed by atoms with E-state index < -0.39 is 5.97 Å². The van der Waals surface area contributed by atoms with Crippen LogP contribution in [0.15, 0.2) is 55.1 Å². The van der Waals surface area contributed by atoms with Gasteiger partial charge in [0.15, 0.2) is 0 Å². The number of ether oxygens (including phenoxy) is 1. The molecule has 4 amide bonds. The number of carbonyl (C=O) groups excluding carboxylic acids is 3. The summed E-state index contributed by atoms with van der Waals surface area (Å²) < 4.78 is 8.03. The zero-order valence-electron chi connectivity index (χ0n) is 21.0. The lowest BCUT2D eigenvalue weighted by atomic mass is 9.89. The minimum Gasteiger partial charge on any atom is -0.492 e. The van der Waals surface area contributed by atoms with Crippen molar-refractivity contribution in [1.82, 2.24) is 19.7 Å². The number of hydrogen-bond donors (Lipinski definition) is 2. The number of carboxylic acids is 1. The van der Waals surface area contributed by atoms with Crippen molar-refractivity contribution in [3.63, 3.8) is 0 Å². The molecule has 3 heterocycles. The minimum absolute atomic E-state index is 0.166. The van der Waals surface area contributed by atoms with Crippen LogP contribution < -0.4 is 10.1 Å². The quantitative estimate of drug-likeness (QED) is 0.351. The predicted molar refractivity (Wildman–Crippen MR) is 139 cm³/mol. The second kappa shape index (κ2) is 10.0. The van der Waals surface area contributed by atoms with Gasteiger partial charge in [-0.05, 0) is 47.5 Å². The molecule has 1 unspecified atom stereocenters. The molecule has 0 radical (unpaired) electrons. The van der Waals surface area contributed by atoms with E-state index in [4.69, 9.17) is 4.74 Å². The van der Waals surface area contributed by atoms with Crippen LogP contribution in [0.2, 0.25) is 0 Å². The fourth-order valence-corrected chi connectivity index (χ4v) is 5.24. The number of rotatable bonds is 8. The van der Waals surface area contributed by atoms with Crippen molar-refractivity contribution in [2.24, 2.45) is 0 Å². The number of aromatic carboxylic acids is 1. The highest BCUT2D eigenvalue weighted by Gasteiger charge is 2.40. The van der Waals surface area contributed by atoms with Crippen LogP contribution in [0, 0.1) is 0 Å². The molecule has 0 spiro atoms. The maximum absolute atomic E-state index is 12.9. The maximum atomic E-state index is 12.9. The number of nitrogens with one attached hydrogen (secondary N) is 1. The molecule has 0 aliphatic carbocycles. The van der Waals surface area contributed by atoms with E-state index in [-0.39, 0.29) is 42.4 Å². The van der Waals surface area contributed by atoms with Crippen molar-refractivity contribution in [3.8, 4) is 5.75 Å². The third-order valence-electron chi connectivity index (χ3n) is 7.12. The summed E-state index contributed by atoms with van der Waals surface area (Å²) in [5, 5.41) is 12.9. The van der Waals surface area contributed by atoms with E-state index in [0.717, 1.165) is 27.7 Å². The normalized spacial score (nSPS) is 16.7. The van der Waals surface area contributed by atoms with Gasteiger partial charge in [-0.2, -0.15) is 0 Å². The molecule has 1 fully saturated rings. The average molecular weight is 517 g/mol. The average Bonchev–Trinajstić information content (AvgIpc) is 3.19. The topological polar surface area (TPSA) is 121 Å². The molecule has 1 aromatic heterocycles. The number of aromatic nitrogens is 1. The van der Waals surface area contributed by atoms with Crippen LogP contribution in [0.25, 0.3) is 10.9 Å². The molecule has 0 saturated carbocycles. The van der Waals surface area contributed by atoms with Gasteiger partial charge in [-0.1, -0.05) is 18.7 Å². The summed E-state index contributed by atoms with van der Waals surface area (Å²) in [5.41, 5.74) is 4.04. The molecular formula is C28H28N4O6. The Morgan fingerprint density at radius 2 is 1.95 bits per heavy atom. The first-order valence-corrected chi connectivity index (χ1v) is 12.3. The Morgan fingerprint density at radius 1 is 1.18 bits per heavy atom. The molecule has 2 aliphatic heterocycles. The van der Waals surface area contributed by atoms with Crippen LogP contribution in [0.4, 0.5) is 4.79 Å². The summed E-state index contributed by atoms with van der Waals surface area (Å²) >= 11 is 0. The van der Waals surface area contributed by atoms with Gasteiger partial charge < -0.3 is 24.6 Å². The van der Waals surface area contributed by atoms with Crippen LogP contribution in [-0.2, 0) is 22.7 Å². The highest BCUT2D eigenvalue weighted by Crippen LogP contribution is 2.42. The second-order valence-corrected chi connectivity index (χ2v) is 9.49. The van der Waals surface area contributed by atoms with Gasteiger partial charge in [0.2, 0.25) is 11.8 Å². The van der Waals surface area contributed by atoms with Gasteiger partial charge in [0.05, 0.1) is 18.7 Å². The molecule has 3 aromatic rings. The van der Waals surface area contributed by atoms with Crippen LogP contribution in [0.3, 0.4) is 0 Å². The number of imide groups is 1. The van der Waals surface area contributed by atoms with Crippen LogP contribution in [0.1, 0.15) is 39.5 Å². The summed E-state index contributed by atoms with van der Waals surface area (Å²) in [6.07, 6.45) is 1.42. The number of benzene rings is 2. The third-order valence-corrected chi connectivity index (χ3v) is 7.12.